The smallest absolute Gasteiger partial charge is 0.303 e. The van der Waals surface area contributed by atoms with E-state index in [0.717, 1.165) is 40.3 Å². The normalized spacial score (nSPS) is 25.9. The van der Waals surface area contributed by atoms with E-state index in [0.29, 0.717) is 56.4 Å². The summed E-state index contributed by atoms with van der Waals surface area (Å²) in [5.41, 5.74) is 4.81. The minimum atomic E-state index is -1.22. The molecule has 1 aliphatic carbocycles. The van der Waals surface area contributed by atoms with Gasteiger partial charge in [0.2, 0.25) is 5.91 Å². The molecule has 3 fully saturated rings. The highest BCUT2D eigenvalue weighted by molar-refractivity contribution is 9.10. The number of benzene rings is 1. The first-order valence-electron chi connectivity index (χ1n) is 19.1. The van der Waals surface area contributed by atoms with E-state index in [1.54, 1.807) is 0 Å². The Balaban J connectivity index is 1.10. The fraction of sp³-hybridized carbons (Fsp3) is 0.600. The molecule has 304 valence electrons. The molecule has 3 saturated heterocycles. The zero-order chi connectivity index (χ0) is 40.3. The topological polar surface area (TPSA) is 151 Å². The molecule has 1 aromatic carbocycles. The predicted molar refractivity (Wildman–Crippen MR) is 211 cm³/mol. The van der Waals surface area contributed by atoms with E-state index in [-0.39, 0.29) is 24.3 Å². The molecule has 56 heavy (non-hydrogen) atoms. The van der Waals surface area contributed by atoms with Crippen LogP contribution in [-0.4, -0.2) is 108 Å². The average Bonchev–Trinajstić information content (AvgIpc) is 3.29. The maximum absolute atomic E-state index is 13.8. The Labute approximate surface area is 348 Å². The van der Waals surface area contributed by atoms with Crippen molar-refractivity contribution in [2.45, 2.75) is 109 Å². The third-order valence-electron chi connectivity index (χ3n) is 11.2. The lowest BCUT2D eigenvalue weighted by Crippen LogP contribution is -2.66. The van der Waals surface area contributed by atoms with Gasteiger partial charge < -0.3 is 28.6 Å². The maximum Gasteiger partial charge on any atom is 0.303 e. The van der Waals surface area contributed by atoms with Crippen LogP contribution in [0, 0.1) is 11.8 Å². The SMILES string of the molecule is CC(=O)OCC1OC(N2CCC(CC(=O)N3CCC([C@H]4c5ncc(Br)cc5CCc5cc(Cl)cc(Br)c54)CC3)CC2)C(OC(C)=O)C(OC(C)=O)C1OC(C)=O. The van der Waals surface area contributed by atoms with Crippen LogP contribution in [0.15, 0.2) is 33.3 Å². The second-order valence-electron chi connectivity index (χ2n) is 15.1. The number of ether oxygens (including phenoxy) is 5. The summed E-state index contributed by atoms with van der Waals surface area (Å²) in [6, 6.07) is 6.23. The van der Waals surface area contributed by atoms with E-state index in [1.807, 2.05) is 22.1 Å². The van der Waals surface area contributed by atoms with Crippen molar-refractivity contribution in [1.29, 1.82) is 0 Å². The van der Waals surface area contributed by atoms with Crippen molar-refractivity contribution in [2.75, 3.05) is 32.8 Å². The van der Waals surface area contributed by atoms with Crippen LogP contribution in [0.1, 0.15) is 88.1 Å². The van der Waals surface area contributed by atoms with Crippen molar-refractivity contribution >= 4 is 73.2 Å². The van der Waals surface area contributed by atoms with Crippen LogP contribution in [0.25, 0.3) is 0 Å². The maximum atomic E-state index is 13.8. The van der Waals surface area contributed by atoms with E-state index in [9.17, 15) is 24.0 Å². The number of pyridine rings is 1. The zero-order valence-electron chi connectivity index (χ0n) is 32.0. The van der Waals surface area contributed by atoms with Crippen molar-refractivity contribution < 1.29 is 47.7 Å². The van der Waals surface area contributed by atoms with Gasteiger partial charge in [0.1, 0.15) is 12.7 Å². The number of aryl methyl sites for hydroxylation is 2. The van der Waals surface area contributed by atoms with E-state index < -0.39 is 54.5 Å². The van der Waals surface area contributed by atoms with E-state index in [2.05, 4.69) is 44.0 Å². The second kappa shape index (κ2) is 18.6. The largest absolute Gasteiger partial charge is 0.463 e. The summed E-state index contributed by atoms with van der Waals surface area (Å²) in [5.74, 6) is -1.94. The van der Waals surface area contributed by atoms with Crippen LogP contribution < -0.4 is 0 Å². The number of carbonyl (C=O) groups is 5. The van der Waals surface area contributed by atoms with E-state index in [4.69, 9.17) is 40.3 Å². The molecule has 1 aromatic heterocycles. The third-order valence-corrected chi connectivity index (χ3v) is 12.5. The Morgan fingerprint density at radius 2 is 1.43 bits per heavy atom. The van der Waals surface area contributed by atoms with Crippen LogP contribution >= 0.6 is 43.5 Å². The Morgan fingerprint density at radius 3 is 2.07 bits per heavy atom. The zero-order valence-corrected chi connectivity index (χ0v) is 35.9. The summed E-state index contributed by atoms with van der Waals surface area (Å²) in [5, 5.41) is 0.707. The number of aromatic nitrogens is 1. The van der Waals surface area contributed by atoms with Crippen molar-refractivity contribution in [3.8, 4) is 0 Å². The molecule has 0 spiro atoms. The van der Waals surface area contributed by atoms with Gasteiger partial charge in [-0.05, 0) is 101 Å². The summed E-state index contributed by atoms with van der Waals surface area (Å²) in [7, 11) is 0. The Hall–Kier alpha value is -3.11. The second-order valence-corrected chi connectivity index (χ2v) is 17.3. The van der Waals surface area contributed by atoms with Crippen molar-refractivity contribution in [3.05, 3.63) is 60.7 Å². The van der Waals surface area contributed by atoms with Gasteiger partial charge in [-0.3, -0.25) is 33.9 Å². The third kappa shape index (κ3) is 10.1. The number of piperidine rings is 2. The minimum Gasteiger partial charge on any atom is -0.463 e. The number of fused-ring (bicyclic) bond motifs is 2. The summed E-state index contributed by atoms with van der Waals surface area (Å²) in [6.07, 6.45) is 1.59. The molecular formula is C40H48Br2ClN3O10. The fourth-order valence-corrected chi connectivity index (χ4v) is 10.3. The number of rotatable bonds is 9. The molecule has 4 aliphatic rings. The summed E-state index contributed by atoms with van der Waals surface area (Å²) in [6.45, 7) is 6.90. The number of amides is 1. The summed E-state index contributed by atoms with van der Waals surface area (Å²) < 4.78 is 30.4. The Bertz CT molecular complexity index is 1820. The number of hydrogen-bond acceptors (Lipinski definition) is 12. The molecule has 2 aromatic rings. The highest BCUT2D eigenvalue weighted by atomic mass is 79.9. The average molecular weight is 926 g/mol. The molecule has 0 N–H and O–H groups in total. The number of carbonyl (C=O) groups excluding carboxylic acids is 5. The van der Waals surface area contributed by atoms with Crippen LogP contribution in [0.3, 0.4) is 0 Å². The molecule has 0 bridgehead atoms. The van der Waals surface area contributed by atoms with Gasteiger partial charge in [-0.25, -0.2) is 0 Å². The van der Waals surface area contributed by atoms with Gasteiger partial charge in [0, 0.05) is 86.4 Å². The number of halogens is 3. The van der Waals surface area contributed by atoms with Gasteiger partial charge in [-0.2, -0.15) is 0 Å². The molecule has 0 saturated carbocycles. The molecule has 4 heterocycles. The Morgan fingerprint density at radius 1 is 0.804 bits per heavy atom. The van der Waals surface area contributed by atoms with Gasteiger partial charge in [0.25, 0.3) is 0 Å². The van der Waals surface area contributed by atoms with Crippen molar-refractivity contribution in [1.82, 2.24) is 14.8 Å². The number of likely N-dealkylation sites (tertiary alicyclic amines) is 2. The van der Waals surface area contributed by atoms with E-state index >= 15 is 0 Å². The van der Waals surface area contributed by atoms with Crippen LogP contribution in [0.2, 0.25) is 5.02 Å². The lowest BCUT2D eigenvalue weighted by atomic mass is 9.76. The quantitative estimate of drug-likeness (QED) is 0.217. The molecule has 1 amide bonds. The number of hydrogen-bond donors (Lipinski definition) is 0. The van der Waals surface area contributed by atoms with Gasteiger partial charge >= 0.3 is 23.9 Å². The lowest BCUT2D eigenvalue weighted by Gasteiger charge is -2.49. The van der Waals surface area contributed by atoms with E-state index in [1.165, 1.54) is 44.4 Å². The first-order valence-corrected chi connectivity index (χ1v) is 21.1. The number of esters is 4. The first-order chi connectivity index (χ1) is 26.7. The minimum absolute atomic E-state index is 0.0833. The molecular weight excluding hydrogens is 878 g/mol. The highest BCUT2D eigenvalue weighted by Crippen LogP contribution is 2.46. The van der Waals surface area contributed by atoms with Crippen molar-refractivity contribution in [3.63, 3.8) is 0 Å². The molecule has 13 nitrogen and oxygen atoms in total. The van der Waals surface area contributed by atoms with Gasteiger partial charge in [-0.15, -0.1) is 0 Å². The van der Waals surface area contributed by atoms with Gasteiger partial charge in [-0.1, -0.05) is 27.5 Å². The highest BCUT2D eigenvalue weighted by Gasteiger charge is 2.54. The van der Waals surface area contributed by atoms with Crippen molar-refractivity contribution in [2.24, 2.45) is 11.8 Å². The monoisotopic (exact) mass is 923 g/mol. The molecule has 6 atom stereocenters. The molecule has 5 unspecified atom stereocenters. The standard InChI is InChI=1S/C40H48Br2ClN3O10/c1-21(47)52-20-32-37(53-22(2)48)38(54-23(3)49)39(55-24(4)50)40(56-32)46-11-7-25(8-12-46)15-33(51)45-13-9-26(10-14-45)35-34-27(17-30(43)18-31(34)42)5-6-28-16-29(41)19-44-36(28)35/h16-19,25-26,32,35,37-40H,5-15,20H2,1-4H3/t32?,35-,37?,38?,39?,40?/m1/s1. The van der Waals surface area contributed by atoms with Crippen LogP contribution in [0.4, 0.5) is 0 Å². The molecule has 6 rings (SSSR count). The lowest BCUT2D eigenvalue weighted by molar-refractivity contribution is -0.280. The fourth-order valence-electron chi connectivity index (χ4n) is 8.80. The predicted octanol–water partition coefficient (Wildman–Crippen LogP) is 5.91. The van der Waals surface area contributed by atoms with Gasteiger partial charge in [0.15, 0.2) is 24.5 Å². The van der Waals surface area contributed by atoms with Gasteiger partial charge in [0.05, 0.1) is 5.69 Å². The summed E-state index contributed by atoms with van der Waals surface area (Å²) in [4.78, 5) is 71.2. The number of nitrogens with zero attached hydrogens (tertiary/aromatic N) is 3. The molecule has 0 radical (unpaired) electrons. The van der Waals surface area contributed by atoms with Crippen LogP contribution in [0.5, 0.6) is 0 Å². The molecule has 16 heteroatoms. The summed E-state index contributed by atoms with van der Waals surface area (Å²) >= 11 is 14.0. The molecule has 3 aliphatic heterocycles. The van der Waals surface area contributed by atoms with Crippen LogP contribution in [-0.2, 0) is 60.5 Å². The Kier molecular flexibility index (Phi) is 14.2. The first kappa shape index (κ1) is 42.5.